The topological polar surface area (TPSA) is 98.0 Å². The van der Waals surface area contributed by atoms with Gasteiger partial charge in [-0.3, -0.25) is 9.79 Å². The highest BCUT2D eigenvalue weighted by Crippen LogP contribution is 2.32. The van der Waals surface area contributed by atoms with E-state index in [0.29, 0.717) is 37.8 Å². The number of carbonyl (C=O) groups is 1. The number of fused-ring (bicyclic) bond motifs is 1. The summed E-state index contributed by atoms with van der Waals surface area (Å²) in [6.45, 7) is 1.93. The SMILES string of the molecule is NC(=NCCNC(=O)Cc1ccc(F)cc1)Nc1ccc2c(c1)OCCCO2. The van der Waals surface area contributed by atoms with Crippen molar-refractivity contribution in [1.29, 1.82) is 0 Å². The Morgan fingerprint density at radius 2 is 1.86 bits per heavy atom. The Morgan fingerprint density at radius 1 is 1.11 bits per heavy atom. The van der Waals surface area contributed by atoms with Crippen molar-refractivity contribution in [2.45, 2.75) is 12.8 Å². The number of rotatable bonds is 6. The number of benzene rings is 2. The van der Waals surface area contributed by atoms with Gasteiger partial charge in [-0.1, -0.05) is 12.1 Å². The number of halogens is 1. The second-order valence-electron chi connectivity index (χ2n) is 6.26. The number of nitrogens with two attached hydrogens (primary N) is 1. The number of nitrogens with one attached hydrogen (secondary N) is 2. The zero-order valence-corrected chi connectivity index (χ0v) is 15.4. The van der Waals surface area contributed by atoms with E-state index in [9.17, 15) is 9.18 Å². The van der Waals surface area contributed by atoms with E-state index in [-0.39, 0.29) is 24.1 Å². The molecule has 4 N–H and O–H groups in total. The molecule has 0 atom stereocenters. The van der Waals surface area contributed by atoms with E-state index in [1.54, 1.807) is 12.1 Å². The maximum Gasteiger partial charge on any atom is 0.224 e. The Bertz CT molecular complexity index is 840. The first kappa shape index (κ1) is 19.5. The normalized spacial score (nSPS) is 13.5. The van der Waals surface area contributed by atoms with Gasteiger partial charge in [-0.25, -0.2) is 4.39 Å². The minimum Gasteiger partial charge on any atom is -0.490 e. The van der Waals surface area contributed by atoms with Crippen molar-refractivity contribution in [2.24, 2.45) is 10.7 Å². The first-order valence-corrected chi connectivity index (χ1v) is 9.08. The van der Waals surface area contributed by atoms with Crippen LogP contribution in [0.5, 0.6) is 11.5 Å². The van der Waals surface area contributed by atoms with E-state index >= 15 is 0 Å². The lowest BCUT2D eigenvalue weighted by molar-refractivity contribution is -0.120. The van der Waals surface area contributed by atoms with Crippen molar-refractivity contribution >= 4 is 17.6 Å². The summed E-state index contributed by atoms with van der Waals surface area (Å²) in [5.74, 6) is 1.14. The zero-order valence-electron chi connectivity index (χ0n) is 15.4. The predicted molar refractivity (Wildman–Crippen MR) is 105 cm³/mol. The summed E-state index contributed by atoms with van der Waals surface area (Å²) < 4.78 is 24.1. The fraction of sp³-hybridized carbons (Fsp3) is 0.300. The molecule has 1 aliphatic rings. The maximum atomic E-state index is 12.9. The van der Waals surface area contributed by atoms with Crippen LogP contribution >= 0.6 is 0 Å². The summed E-state index contributed by atoms with van der Waals surface area (Å²) in [5, 5.41) is 5.74. The van der Waals surface area contributed by atoms with Crippen LogP contribution in [0.2, 0.25) is 0 Å². The monoisotopic (exact) mass is 386 g/mol. The highest BCUT2D eigenvalue weighted by atomic mass is 19.1. The molecule has 2 aromatic carbocycles. The van der Waals surface area contributed by atoms with E-state index in [0.717, 1.165) is 17.7 Å². The van der Waals surface area contributed by atoms with E-state index < -0.39 is 0 Å². The Labute approximate surface area is 162 Å². The quantitative estimate of drug-likeness (QED) is 0.401. The molecule has 28 heavy (non-hydrogen) atoms. The molecule has 7 nitrogen and oxygen atoms in total. The minimum absolute atomic E-state index is 0.156. The van der Waals surface area contributed by atoms with Gasteiger partial charge in [0.25, 0.3) is 0 Å². The lowest BCUT2D eigenvalue weighted by atomic mass is 10.1. The standard InChI is InChI=1S/C20H23FN4O3/c21-15-4-2-14(3-5-15)12-19(26)23-8-9-24-20(22)25-16-6-7-17-18(13-16)28-11-1-10-27-17/h2-7,13H,1,8-12H2,(H,23,26)(H3,22,24,25). The number of amides is 1. The number of ether oxygens (including phenoxy) is 2. The number of anilines is 1. The van der Waals surface area contributed by atoms with E-state index in [2.05, 4.69) is 15.6 Å². The molecule has 2 aromatic rings. The van der Waals surface area contributed by atoms with E-state index in [4.69, 9.17) is 15.2 Å². The largest absolute Gasteiger partial charge is 0.490 e. The zero-order chi connectivity index (χ0) is 19.8. The average Bonchev–Trinajstić information content (AvgIpc) is 2.92. The molecule has 3 rings (SSSR count). The Kier molecular flexibility index (Phi) is 6.67. The molecule has 0 spiro atoms. The Hall–Kier alpha value is -3.29. The van der Waals surface area contributed by atoms with Crippen LogP contribution in [0.1, 0.15) is 12.0 Å². The van der Waals surface area contributed by atoms with Crippen LogP contribution in [-0.4, -0.2) is 38.2 Å². The van der Waals surface area contributed by atoms with Gasteiger partial charge >= 0.3 is 0 Å². The van der Waals surface area contributed by atoms with Gasteiger partial charge in [-0.2, -0.15) is 0 Å². The van der Waals surface area contributed by atoms with Crippen LogP contribution in [-0.2, 0) is 11.2 Å². The summed E-state index contributed by atoms with van der Waals surface area (Å²) in [6, 6.07) is 11.3. The van der Waals surface area contributed by atoms with Crippen LogP contribution in [0, 0.1) is 5.82 Å². The third-order valence-corrected chi connectivity index (χ3v) is 4.01. The van der Waals surface area contributed by atoms with E-state index in [1.807, 2.05) is 18.2 Å². The third-order valence-electron chi connectivity index (χ3n) is 4.01. The van der Waals surface area contributed by atoms with Crippen molar-refractivity contribution in [2.75, 3.05) is 31.6 Å². The van der Waals surface area contributed by atoms with Crippen molar-refractivity contribution in [3.8, 4) is 11.5 Å². The van der Waals surface area contributed by atoms with Gasteiger partial charge in [0.05, 0.1) is 26.2 Å². The van der Waals surface area contributed by atoms with Gasteiger partial charge in [0.1, 0.15) is 5.82 Å². The number of hydrogen-bond donors (Lipinski definition) is 3. The number of guanidine groups is 1. The molecule has 8 heteroatoms. The van der Waals surface area contributed by atoms with Gasteiger partial charge in [0.15, 0.2) is 17.5 Å². The molecule has 0 saturated carbocycles. The van der Waals surface area contributed by atoms with Crippen LogP contribution in [0.4, 0.5) is 10.1 Å². The molecule has 0 aromatic heterocycles. The molecule has 0 saturated heterocycles. The van der Waals surface area contributed by atoms with Gasteiger partial charge in [-0.15, -0.1) is 0 Å². The summed E-state index contributed by atoms with van der Waals surface area (Å²) >= 11 is 0. The minimum atomic E-state index is -0.324. The molecule has 0 radical (unpaired) electrons. The predicted octanol–water partition coefficient (Wildman–Crippen LogP) is 2.07. The highest BCUT2D eigenvalue weighted by Gasteiger charge is 2.11. The number of aliphatic imine (C=N–C) groups is 1. The summed E-state index contributed by atoms with van der Waals surface area (Å²) in [5.41, 5.74) is 7.38. The number of nitrogens with zero attached hydrogens (tertiary/aromatic N) is 1. The number of hydrogen-bond acceptors (Lipinski definition) is 4. The second kappa shape index (κ2) is 9.59. The van der Waals surface area contributed by atoms with Crippen LogP contribution in [0.25, 0.3) is 0 Å². The van der Waals surface area contributed by atoms with Crippen LogP contribution in [0.3, 0.4) is 0 Å². The molecule has 0 aliphatic carbocycles. The lowest BCUT2D eigenvalue weighted by Crippen LogP contribution is -2.29. The second-order valence-corrected chi connectivity index (χ2v) is 6.26. The molecule has 1 aliphatic heterocycles. The molecule has 1 heterocycles. The lowest BCUT2D eigenvalue weighted by Gasteiger charge is -2.11. The van der Waals surface area contributed by atoms with Gasteiger partial charge < -0.3 is 25.8 Å². The molecule has 148 valence electrons. The van der Waals surface area contributed by atoms with Gasteiger partial charge in [0.2, 0.25) is 5.91 Å². The molecular formula is C20H23FN4O3. The first-order valence-electron chi connectivity index (χ1n) is 9.08. The smallest absolute Gasteiger partial charge is 0.224 e. The van der Waals surface area contributed by atoms with Crippen molar-refractivity contribution < 1.29 is 18.7 Å². The Balaban J connectivity index is 1.42. The van der Waals surface area contributed by atoms with Crippen LogP contribution in [0.15, 0.2) is 47.5 Å². The van der Waals surface area contributed by atoms with Crippen LogP contribution < -0.4 is 25.8 Å². The van der Waals surface area contributed by atoms with Crippen molar-refractivity contribution in [1.82, 2.24) is 5.32 Å². The molecule has 0 unspecified atom stereocenters. The van der Waals surface area contributed by atoms with Crippen molar-refractivity contribution in [3.05, 3.63) is 53.8 Å². The fourth-order valence-electron chi connectivity index (χ4n) is 2.65. The number of carbonyl (C=O) groups excluding carboxylic acids is 1. The third kappa shape index (κ3) is 5.87. The molecular weight excluding hydrogens is 363 g/mol. The summed E-state index contributed by atoms with van der Waals surface area (Å²) in [7, 11) is 0. The van der Waals surface area contributed by atoms with E-state index in [1.165, 1.54) is 12.1 Å². The average molecular weight is 386 g/mol. The molecule has 0 bridgehead atoms. The molecule has 0 fully saturated rings. The fourth-order valence-corrected chi connectivity index (χ4v) is 2.65. The van der Waals surface area contributed by atoms with Gasteiger partial charge in [-0.05, 0) is 29.8 Å². The highest BCUT2D eigenvalue weighted by molar-refractivity contribution is 5.92. The molecule has 1 amide bonds. The Morgan fingerprint density at radius 3 is 2.64 bits per heavy atom. The maximum absolute atomic E-state index is 12.9. The van der Waals surface area contributed by atoms with Gasteiger partial charge in [0, 0.05) is 24.7 Å². The summed E-state index contributed by atoms with van der Waals surface area (Å²) in [6.07, 6.45) is 1.03. The first-order chi connectivity index (χ1) is 13.6. The van der Waals surface area contributed by atoms with Crippen molar-refractivity contribution in [3.63, 3.8) is 0 Å². The summed E-state index contributed by atoms with van der Waals surface area (Å²) in [4.78, 5) is 16.1.